The topological polar surface area (TPSA) is 213 Å². The Kier molecular flexibility index (Phi) is 38.2. The number of ether oxygens (including phenoxy) is 7. The molecular weight excluding hydrogens is 1220 g/mol. The van der Waals surface area contributed by atoms with Crippen LogP contribution in [0.25, 0.3) is 34.0 Å². The Morgan fingerprint density at radius 3 is 1.47 bits per heavy atom. The van der Waals surface area contributed by atoms with E-state index in [0.717, 1.165) is 57.5 Å². The molecule has 1 heterocycles. The predicted octanol–water partition coefficient (Wildman–Crippen LogP) is 13.4. The smallest absolute Gasteiger partial charge is 0.335 e. The zero-order valence-corrected chi connectivity index (χ0v) is 52.9. The van der Waals surface area contributed by atoms with Crippen LogP contribution in [0.3, 0.4) is 0 Å². The SMILES string of the molecule is C=C(C)C(=O)OCCOC(=O)CCCl.C=CC(=O)OCCCN(C)C(=O)CCCl.C=CC(=O)OCCOC(=O)CCCl.C=CC(=O)OCCn1c2ccccc2c2cc(C=C)ccc21.C=CC(=O)Oc1ccc(N(c2ccccc2)c2ccc(C=C)cc2)cc1. The third kappa shape index (κ3) is 29.5. The highest BCUT2D eigenvalue weighted by Gasteiger charge is 2.15. The fourth-order valence-electron chi connectivity index (χ4n) is 7.34. The fraction of sp³-hybridized carbons (Fsp3) is 0.246. The Morgan fingerprint density at radius 2 is 0.944 bits per heavy atom. The van der Waals surface area contributed by atoms with Gasteiger partial charge in [0.15, 0.2) is 0 Å². The number of nitrogens with zero attached hydrogens (tertiary/aromatic N) is 3. The second-order valence-corrected chi connectivity index (χ2v) is 19.3. The monoisotopic (exact) mass is 1290 g/mol. The summed E-state index contributed by atoms with van der Waals surface area (Å²) in [6, 6.07) is 40.1. The van der Waals surface area contributed by atoms with Gasteiger partial charge >= 0.3 is 41.8 Å². The van der Waals surface area contributed by atoms with Gasteiger partial charge in [0.2, 0.25) is 5.91 Å². The summed E-state index contributed by atoms with van der Waals surface area (Å²) in [7, 11) is 1.70. The fourth-order valence-corrected chi connectivity index (χ4v) is 7.81. The number of fused-ring (bicyclic) bond motifs is 3. The Balaban J connectivity index is 0.000000396. The molecule has 6 aromatic rings. The van der Waals surface area contributed by atoms with Gasteiger partial charge in [0, 0.05) is 106 Å². The maximum Gasteiger partial charge on any atom is 0.335 e. The van der Waals surface area contributed by atoms with Gasteiger partial charge in [-0.25, -0.2) is 24.0 Å². The number of aromatic nitrogens is 1. The number of rotatable bonds is 30. The molecule has 5 aromatic carbocycles. The van der Waals surface area contributed by atoms with Crippen LogP contribution < -0.4 is 9.64 Å². The Hall–Kier alpha value is -9.49. The molecular formula is C69H76Cl3N3O15. The number of carbonyl (C=O) groups is 8. The van der Waals surface area contributed by atoms with Crippen molar-refractivity contribution in [1.82, 2.24) is 9.47 Å². The molecule has 0 unspecified atom stereocenters. The first-order chi connectivity index (χ1) is 43.3. The lowest BCUT2D eigenvalue weighted by molar-refractivity contribution is -0.149. The number of anilines is 3. The van der Waals surface area contributed by atoms with Crippen molar-refractivity contribution in [2.24, 2.45) is 0 Å². The number of para-hydroxylation sites is 2. The van der Waals surface area contributed by atoms with E-state index in [9.17, 15) is 38.4 Å². The van der Waals surface area contributed by atoms with Crippen molar-refractivity contribution in [2.75, 3.05) is 75.8 Å². The summed E-state index contributed by atoms with van der Waals surface area (Å²) >= 11 is 16.0. The first kappa shape index (κ1) is 76.6. The Bertz CT molecular complexity index is 3350. The normalized spacial score (nSPS) is 9.83. The lowest BCUT2D eigenvalue weighted by atomic mass is 10.1. The zero-order valence-electron chi connectivity index (χ0n) is 50.7. The van der Waals surface area contributed by atoms with E-state index >= 15 is 0 Å². The van der Waals surface area contributed by atoms with Gasteiger partial charge in [-0.05, 0) is 91.2 Å². The molecule has 1 amide bonds. The maximum absolute atomic E-state index is 11.3. The first-order valence-electron chi connectivity index (χ1n) is 27.9. The van der Waals surface area contributed by atoms with Gasteiger partial charge in [0.1, 0.15) is 38.8 Å². The number of esters is 7. The van der Waals surface area contributed by atoms with Crippen molar-refractivity contribution in [3.8, 4) is 5.75 Å². The summed E-state index contributed by atoms with van der Waals surface area (Å²) in [5.74, 6) is -1.86. The van der Waals surface area contributed by atoms with Crippen LogP contribution in [0.15, 0.2) is 197 Å². The molecule has 1 aromatic heterocycles. The number of halogens is 3. The summed E-state index contributed by atoms with van der Waals surface area (Å²) in [5.41, 5.74) is 7.75. The van der Waals surface area contributed by atoms with Crippen LogP contribution in [0.1, 0.15) is 43.7 Å². The molecule has 90 heavy (non-hydrogen) atoms. The average molecular weight is 1290 g/mol. The Morgan fingerprint density at radius 1 is 0.489 bits per heavy atom. The number of carbonyl (C=O) groups excluding carboxylic acids is 8. The van der Waals surface area contributed by atoms with Crippen molar-refractivity contribution in [3.05, 3.63) is 208 Å². The quantitative estimate of drug-likeness (QED) is 0.0102. The van der Waals surface area contributed by atoms with Crippen molar-refractivity contribution in [2.45, 2.75) is 39.2 Å². The Labute approximate surface area is 540 Å². The molecule has 0 fully saturated rings. The third-order valence-corrected chi connectivity index (χ3v) is 12.3. The standard InChI is InChI=1S/C23H19NO2.C19H17NO2.C10H16ClNO3.C9H13ClO4.C8H11ClO4/c1-3-18-10-12-20(13-11-18)24(19-8-6-5-7-9-19)21-14-16-22(17-15-21)26-23(25)4-2;1-3-14-9-10-18-16(13-14)15-7-5-6-8-17(15)20(18)11-12-22-19(21)4-2;1-3-10(14)15-8-4-7-12(2)9(13)5-6-11;1-7(2)9(12)14-6-5-13-8(11)3-4-10;1-2-7(10)12-5-6-13-8(11)3-4-9/h3-17H,1-2H2;3-10,13H,1-2,11-12H2;3H,1,4-8H2,2H3;1,3-6H2,2H3;2H,1,3-6H2. The van der Waals surface area contributed by atoms with Gasteiger partial charge in [-0.2, -0.15) is 0 Å². The summed E-state index contributed by atoms with van der Waals surface area (Å²) in [4.78, 5) is 90.9. The van der Waals surface area contributed by atoms with Crippen LogP contribution in [0.2, 0.25) is 0 Å². The van der Waals surface area contributed by atoms with Crippen molar-refractivity contribution in [1.29, 1.82) is 0 Å². The molecule has 0 radical (unpaired) electrons. The van der Waals surface area contributed by atoms with Gasteiger partial charge in [0.05, 0.1) is 26.0 Å². The summed E-state index contributed by atoms with van der Waals surface area (Å²) in [5, 5.41) is 2.37. The first-order valence-corrected chi connectivity index (χ1v) is 29.5. The largest absolute Gasteiger partial charge is 0.462 e. The van der Waals surface area contributed by atoms with Gasteiger partial charge < -0.3 is 47.5 Å². The molecule has 0 aliphatic carbocycles. The number of alkyl halides is 3. The number of hydrogen-bond donors (Lipinski definition) is 0. The highest BCUT2D eigenvalue weighted by molar-refractivity contribution is 6.19. The second-order valence-electron chi connectivity index (χ2n) is 18.2. The van der Waals surface area contributed by atoms with Crippen LogP contribution in [0, 0.1) is 0 Å². The molecule has 0 spiro atoms. The second kappa shape index (κ2) is 44.9. The van der Waals surface area contributed by atoms with Crippen LogP contribution in [0.5, 0.6) is 5.75 Å². The molecule has 18 nitrogen and oxygen atoms in total. The van der Waals surface area contributed by atoms with E-state index in [1.807, 2.05) is 84.9 Å². The zero-order chi connectivity index (χ0) is 66.6. The molecule has 0 atom stereocenters. The van der Waals surface area contributed by atoms with Crippen molar-refractivity contribution in [3.63, 3.8) is 0 Å². The van der Waals surface area contributed by atoms with E-state index in [0.29, 0.717) is 56.3 Å². The van der Waals surface area contributed by atoms with Gasteiger partial charge in [-0.15, -0.1) is 34.8 Å². The van der Waals surface area contributed by atoms with Crippen molar-refractivity contribution < 1.29 is 71.5 Å². The van der Waals surface area contributed by atoms with Crippen LogP contribution >= 0.6 is 34.8 Å². The average Bonchev–Trinajstić information content (AvgIpc) is 1.63. The highest BCUT2D eigenvalue weighted by atomic mass is 35.5. The van der Waals surface area contributed by atoms with E-state index in [-0.39, 0.29) is 56.9 Å². The minimum atomic E-state index is -0.534. The number of benzene rings is 5. The molecule has 0 bridgehead atoms. The van der Waals surface area contributed by atoms with Crippen LogP contribution in [-0.4, -0.2) is 128 Å². The van der Waals surface area contributed by atoms with Gasteiger partial charge in [-0.1, -0.05) is 113 Å². The molecule has 0 saturated carbocycles. The predicted molar refractivity (Wildman–Crippen MR) is 356 cm³/mol. The lowest BCUT2D eigenvalue weighted by Gasteiger charge is -2.25. The maximum atomic E-state index is 11.3. The molecule has 0 saturated heterocycles. The van der Waals surface area contributed by atoms with Crippen LogP contribution in [-0.2, 0) is 73.3 Å². The van der Waals surface area contributed by atoms with Gasteiger partial charge in [0.25, 0.3) is 0 Å². The lowest BCUT2D eigenvalue weighted by Crippen LogP contribution is -2.28. The summed E-state index contributed by atoms with van der Waals surface area (Å²) < 4.78 is 35.8. The highest BCUT2D eigenvalue weighted by Crippen LogP contribution is 2.35. The molecule has 0 N–H and O–H groups in total. The number of hydrogen-bond acceptors (Lipinski definition) is 16. The van der Waals surface area contributed by atoms with E-state index in [1.165, 1.54) is 16.8 Å². The number of amides is 1. The minimum Gasteiger partial charge on any atom is -0.462 e. The molecule has 6 rings (SSSR count). The van der Waals surface area contributed by atoms with E-state index < -0.39 is 41.8 Å². The van der Waals surface area contributed by atoms with E-state index in [1.54, 1.807) is 31.0 Å². The van der Waals surface area contributed by atoms with Crippen LogP contribution in [0.4, 0.5) is 17.1 Å². The van der Waals surface area contributed by atoms with E-state index in [4.69, 9.17) is 49.0 Å². The third-order valence-electron chi connectivity index (χ3n) is 11.7. The summed E-state index contributed by atoms with van der Waals surface area (Å²) in [6.07, 6.45) is 9.43. The molecule has 0 aliphatic rings. The molecule has 21 heteroatoms. The van der Waals surface area contributed by atoms with Crippen molar-refractivity contribution >= 4 is 134 Å². The molecule has 0 aliphatic heterocycles. The molecule has 478 valence electrons. The summed E-state index contributed by atoms with van der Waals surface area (Å²) in [6.45, 7) is 27.8. The van der Waals surface area contributed by atoms with Gasteiger partial charge in [-0.3, -0.25) is 14.4 Å². The van der Waals surface area contributed by atoms with E-state index in [2.05, 4.69) is 111 Å². The minimum absolute atomic E-state index is 0.0000437.